The Morgan fingerprint density at radius 3 is 2.20 bits per heavy atom. The number of anilines is 1. The number of rotatable bonds is 6. The summed E-state index contributed by atoms with van der Waals surface area (Å²) in [6.45, 7) is 0. The first kappa shape index (κ1) is 14.6. The largest absolute Gasteiger partial charge is 0.378 e. The summed E-state index contributed by atoms with van der Waals surface area (Å²) in [5, 5.41) is 0. The highest BCUT2D eigenvalue weighted by atomic mass is 15.1. The Kier molecular flexibility index (Phi) is 5.19. The van der Waals surface area contributed by atoms with Crippen LogP contribution < -0.4 is 10.6 Å². The molecule has 0 radical (unpaired) electrons. The fraction of sp³-hybridized carbons (Fsp3) is 0.333. The maximum atomic E-state index is 6.27. The van der Waals surface area contributed by atoms with Crippen molar-refractivity contribution in [1.29, 1.82) is 0 Å². The molecule has 0 saturated heterocycles. The van der Waals surface area contributed by atoms with E-state index in [-0.39, 0.29) is 6.04 Å². The monoisotopic (exact) mass is 268 g/mol. The molecule has 0 heterocycles. The molecule has 1 atom stereocenters. The Morgan fingerprint density at radius 1 is 0.950 bits per heavy atom. The van der Waals surface area contributed by atoms with E-state index in [9.17, 15) is 0 Å². The minimum Gasteiger partial charge on any atom is -0.378 e. The van der Waals surface area contributed by atoms with Crippen LogP contribution in [0.15, 0.2) is 54.6 Å². The number of hydrogen-bond donors (Lipinski definition) is 1. The minimum atomic E-state index is 0.134. The van der Waals surface area contributed by atoms with Crippen molar-refractivity contribution in [3.63, 3.8) is 0 Å². The van der Waals surface area contributed by atoms with Gasteiger partial charge in [-0.1, -0.05) is 42.5 Å². The molecule has 2 N–H and O–H groups in total. The summed E-state index contributed by atoms with van der Waals surface area (Å²) in [6.07, 6.45) is 3.25. The van der Waals surface area contributed by atoms with Crippen LogP contribution >= 0.6 is 0 Å². The average molecular weight is 268 g/mol. The van der Waals surface area contributed by atoms with Gasteiger partial charge in [-0.3, -0.25) is 0 Å². The SMILES string of the molecule is CN(C)c1ccc(C(N)CCCc2ccccc2)cc1. The fourth-order valence-electron chi connectivity index (χ4n) is 2.36. The smallest absolute Gasteiger partial charge is 0.0361 e. The van der Waals surface area contributed by atoms with Gasteiger partial charge in [0.25, 0.3) is 0 Å². The lowest BCUT2D eigenvalue weighted by Gasteiger charge is -2.16. The van der Waals surface area contributed by atoms with E-state index in [2.05, 4.69) is 73.6 Å². The number of hydrogen-bond acceptors (Lipinski definition) is 2. The van der Waals surface area contributed by atoms with E-state index in [1.807, 2.05) is 0 Å². The second kappa shape index (κ2) is 7.11. The number of nitrogens with zero attached hydrogens (tertiary/aromatic N) is 1. The lowest BCUT2D eigenvalue weighted by molar-refractivity contribution is 0.611. The van der Waals surface area contributed by atoms with Crippen LogP contribution in [0.3, 0.4) is 0 Å². The molecule has 0 spiro atoms. The standard InChI is InChI=1S/C18H24N2/c1-20(2)17-13-11-16(12-14-17)18(19)10-6-9-15-7-4-3-5-8-15/h3-5,7-8,11-14,18H,6,9-10,19H2,1-2H3. The summed E-state index contributed by atoms with van der Waals surface area (Å²) < 4.78 is 0. The van der Waals surface area contributed by atoms with Gasteiger partial charge >= 0.3 is 0 Å². The van der Waals surface area contributed by atoms with Crippen molar-refractivity contribution in [2.45, 2.75) is 25.3 Å². The van der Waals surface area contributed by atoms with Crippen molar-refractivity contribution in [3.05, 3.63) is 65.7 Å². The van der Waals surface area contributed by atoms with Gasteiger partial charge in [-0.2, -0.15) is 0 Å². The van der Waals surface area contributed by atoms with Gasteiger partial charge in [0.1, 0.15) is 0 Å². The molecule has 0 amide bonds. The highest BCUT2D eigenvalue weighted by Crippen LogP contribution is 2.20. The quantitative estimate of drug-likeness (QED) is 0.864. The van der Waals surface area contributed by atoms with Gasteiger partial charge in [-0.25, -0.2) is 0 Å². The van der Waals surface area contributed by atoms with Crippen LogP contribution in [0.25, 0.3) is 0 Å². The van der Waals surface area contributed by atoms with E-state index < -0.39 is 0 Å². The van der Waals surface area contributed by atoms with Crippen molar-refractivity contribution >= 4 is 5.69 Å². The zero-order valence-corrected chi connectivity index (χ0v) is 12.4. The molecule has 106 valence electrons. The molecule has 0 aliphatic carbocycles. The summed E-state index contributed by atoms with van der Waals surface area (Å²) in [4.78, 5) is 2.10. The second-order valence-corrected chi connectivity index (χ2v) is 5.47. The summed E-state index contributed by atoms with van der Waals surface area (Å²) in [5.74, 6) is 0. The first-order valence-corrected chi connectivity index (χ1v) is 7.23. The zero-order chi connectivity index (χ0) is 14.4. The Bertz CT molecular complexity index is 503. The lowest BCUT2D eigenvalue weighted by atomic mass is 9.99. The molecule has 0 aliphatic rings. The van der Waals surface area contributed by atoms with Crippen molar-refractivity contribution in [2.75, 3.05) is 19.0 Å². The van der Waals surface area contributed by atoms with Crippen molar-refractivity contribution in [3.8, 4) is 0 Å². The summed E-state index contributed by atoms with van der Waals surface area (Å²) >= 11 is 0. The maximum absolute atomic E-state index is 6.27. The molecule has 0 saturated carbocycles. The first-order valence-electron chi connectivity index (χ1n) is 7.23. The van der Waals surface area contributed by atoms with E-state index in [1.54, 1.807) is 0 Å². The van der Waals surface area contributed by atoms with E-state index in [0.29, 0.717) is 0 Å². The molecule has 20 heavy (non-hydrogen) atoms. The van der Waals surface area contributed by atoms with Crippen LogP contribution in [-0.2, 0) is 6.42 Å². The number of nitrogens with two attached hydrogens (primary N) is 1. The predicted octanol–water partition coefficient (Wildman–Crippen LogP) is 3.78. The molecule has 2 nitrogen and oxygen atoms in total. The number of benzene rings is 2. The van der Waals surface area contributed by atoms with Gasteiger partial charge in [0.15, 0.2) is 0 Å². The Morgan fingerprint density at radius 2 is 1.60 bits per heavy atom. The van der Waals surface area contributed by atoms with Gasteiger partial charge < -0.3 is 10.6 Å². The van der Waals surface area contributed by atoms with Crippen LogP contribution in [0.1, 0.15) is 30.0 Å². The molecular weight excluding hydrogens is 244 g/mol. The summed E-state index contributed by atoms with van der Waals surface area (Å²) in [5.41, 5.74) is 10.1. The molecule has 0 aromatic heterocycles. The Balaban J connectivity index is 1.84. The Labute approximate surface area is 122 Å². The average Bonchev–Trinajstić information content (AvgIpc) is 2.48. The molecular formula is C18H24N2. The first-order chi connectivity index (χ1) is 9.66. The lowest BCUT2D eigenvalue weighted by Crippen LogP contribution is -2.12. The van der Waals surface area contributed by atoms with Gasteiger partial charge in [-0.05, 0) is 42.5 Å². The maximum Gasteiger partial charge on any atom is 0.0361 e. The molecule has 2 aromatic carbocycles. The third-order valence-electron chi connectivity index (χ3n) is 3.66. The Hall–Kier alpha value is -1.80. The van der Waals surface area contributed by atoms with Gasteiger partial charge in [0, 0.05) is 25.8 Å². The normalized spacial score (nSPS) is 12.2. The van der Waals surface area contributed by atoms with Crippen LogP contribution in [-0.4, -0.2) is 14.1 Å². The minimum absolute atomic E-state index is 0.134. The molecule has 1 unspecified atom stereocenters. The molecule has 0 fully saturated rings. The summed E-state index contributed by atoms with van der Waals surface area (Å²) in [7, 11) is 4.10. The van der Waals surface area contributed by atoms with Gasteiger partial charge in [0.2, 0.25) is 0 Å². The van der Waals surface area contributed by atoms with E-state index in [4.69, 9.17) is 5.73 Å². The predicted molar refractivity (Wildman–Crippen MR) is 87.1 cm³/mol. The number of aryl methyl sites for hydroxylation is 1. The van der Waals surface area contributed by atoms with E-state index >= 15 is 0 Å². The second-order valence-electron chi connectivity index (χ2n) is 5.47. The van der Waals surface area contributed by atoms with E-state index in [0.717, 1.165) is 19.3 Å². The van der Waals surface area contributed by atoms with Crippen molar-refractivity contribution in [1.82, 2.24) is 0 Å². The molecule has 2 aromatic rings. The molecule has 2 heteroatoms. The molecule has 0 aliphatic heterocycles. The third-order valence-corrected chi connectivity index (χ3v) is 3.66. The molecule has 2 rings (SSSR count). The van der Waals surface area contributed by atoms with Crippen LogP contribution in [0.5, 0.6) is 0 Å². The topological polar surface area (TPSA) is 29.3 Å². The van der Waals surface area contributed by atoms with E-state index in [1.165, 1.54) is 16.8 Å². The highest BCUT2D eigenvalue weighted by Gasteiger charge is 2.06. The zero-order valence-electron chi connectivity index (χ0n) is 12.4. The van der Waals surface area contributed by atoms with Crippen LogP contribution in [0, 0.1) is 0 Å². The van der Waals surface area contributed by atoms with Crippen LogP contribution in [0.2, 0.25) is 0 Å². The fourth-order valence-corrected chi connectivity index (χ4v) is 2.36. The van der Waals surface area contributed by atoms with Crippen molar-refractivity contribution in [2.24, 2.45) is 5.73 Å². The van der Waals surface area contributed by atoms with Crippen molar-refractivity contribution < 1.29 is 0 Å². The summed E-state index contributed by atoms with van der Waals surface area (Å²) in [6, 6.07) is 19.3. The van der Waals surface area contributed by atoms with Gasteiger partial charge in [-0.15, -0.1) is 0 Å². The van der Waals surface area contributed by atoms with Gasteiger partial charge in [0.05, 0.1) is 0 Å². The molecule has 0 bridgehead atoms. The van der Waals surface area contributed by atoms with Crippen LogP contribution in [0.4, 0.5) is 5.69 Å². The third kappa shape index (κ3) is 4.10. The highest BCUT2D eigenvalue weighted by molar-refractivity contribution is 5.46.